The molecule has 0 amide bonds. The Labute approximate surface area is 107 Å². The summed E-state index contributed by atoms with van der Waals surface area (Å²) in [6.45, 7) is 0. The summed E-state index contributed by atoms with van der Waals surface area (Å²) in [5.74, 6) is -0.523. The summed E-state index contributed by atoms with van der Waals surface area (Å²) in [5.41, 5.74) is 7.22. The van der Waals surface area contributed by atoms with Crippen molar-refractivity contribution in [1.29, 1.82) is 0 Å². The van der Waals surface area contributed by atoms with E-state index in [0.29, 0.717) is 11.1 Å². The molecule has 2 aromatic rings. The molecule has 5 N–H and O–H groups in total. The highest BCUT2D eigenvalue weighted by atomic mass is 32.2. The zero-order chi connectivity index (χ0) is 14.2. The van der Waals surface area contributed by atoms with Crippen LogP contribution in [0.4, 0.5) is 11.4 Å². The van der Waals surface area contributed by atoms with Gasteiger partial charge in [0.25, 0.3) is 10.1 Å². The van der Waals surface area contributed by atoms with Crippen LogP contribution >= 0.6 is 0 Å². The van der Waals surface area contributed by atoms with Gasteiger partial charge in [0.05, 0.1) is 5.29 Å². The summed E-state index contributed by atoms with van der Waals surface area (Å²) >= 11 is 0. The number of nitrogens with zero attached hydrogens (tertiary/aromatic N) is 1. The Kier molecular flexibility index (Phi) is 3.00. The molecule has 0 atom stereocenters. The van der Waals surface area contributed by atoms with E-state index >= 15 is 0 Å². The van der Waals surface area contributed by atoms with Crippen LogP contribution in [0, 0.1) is 4.91 Å². The van der Waals surface area contributed by atoms with Crippen molar-refractivity contribution in [2.24, 2.45) is 5.29 Å². The van der Waals surface area contributed by atoms with E-state index in [9.17, 15) is 18.4 Å². The first-order chi connectivity index (χ1) is 8.84. The summed E-state index contributed by atoms with van der Waals surface area (Å²) in [6.07, 6.45) is 0. The highest BCUT2D eigenvalue weighted by Gasteiger charge is 2.21. The number of nitrogen functional groups attached to an aromatic ring is 1. The minimum absolute atomic E-state index is 0.257. The van der Waals surface area contributed by atoms with Crippen molar-refractivity contribution < 1.29 is 18.1 Å². The first kappa shape index (κ1) is 13.1. The van der Waals surface area contributed by atoms with Crippen molar-refractivity contribution in [1.82, 2.24) is 0 Å². The summed E-state index contributed by atoms with van der Waals surface area (Å²) in [4.78, 5) is 9.56. The van der Waals surface area contributed by atoms with Crippen LogP contribution in [0.3, 0.4) is 0 Å². The second kappa shape index (κ2) is 4.37. The SMILES string of the molecule is Nc1ccc2c(O)c(NN=O)c(S(=O)(=O)O)cc2c1. The zero-order valence-electron chi connectivity index (χ0n) is 9.36. The van der Waals surface area contributed by atoms with Gasteiger partial charge in [0, 0.05) is 11.1 Å². The molecular formula is C10H9N3O5S. The lowest BCUT2D eigenvalue weighted by Gasteiger charge is -2.11. The normalized spacial score (nSPS) is 11.4. The number of fused-ring (bicyclic) bond motifs is 1. The van der Waals surface area contributed by atoms with Gasteiger partial charge < -0.3 is 10.8 Å². The number of aromatic hydroxyl groups is 1. The molecular weight excluding hydrogens is 274 g/mol. The van der Waals surface area contributed by atoms with E-state index < -0.39 is 26.5 Å². The molecule has 0 aliphatic carbocycles. The van der Waals surface area contributed by atoms with Gasteiger partial charge in [-0.1, -0.05) is 0 Å². The quantitative estimate of drug-likeness (QED) is 0.219. The number of anilines is 2. The van der Waals surface area contributed by atoms with E-state index in [-0.39, 0.29) is 5.39 Å². The average Bonchev–Trinajstić information content (AvgIpc) is 2.31. The van der Waals surface area contributed by atoms with E-state index in [1.54, 1.807) is 5.43 Å². The first-order valence-corrected chi connectivity index (χ1v) is 6.39. The fraction of sp³-hybridized carbons (Fsp3) is 0. The molecule has 0 unspecified atom stereocenters. The average molecular weight is 283 g/mol. The Bertz CT molecular complexity index is 772. The van der Waals surface area contributed by atoms with Gasteiger partial charge >= 0.3 is 0 Å². The molecule has 9 heteroatoms. The Morgan fingerprint density at radius 1 is 1.26 bits per heavy atom. The van der Waals surface area contributed by atoms with Crippen LogP contribution in [0.1, 0.15) is 0 Å². The monoisotopic (exact) mass is 283 g/mol. The number of nitrogens with one attached hydrogen (secondary N) is 1. The van der Waals surface area contributed by atoms with Crippen LogP contribution in [0.2, 0.25) is 0 Å². The second-order valence-corrected chi connectivity index (χ2v) is 5.15. The number of hydrogen-bond donors (Lipinski definition) is 4. The Balaban J connectivity index is 2.93. The number of nitroso groups, excluding NO2 is 1. The minimum atomic E-state index is -4.64. The maximum atomic E-state index is 11.2. The van der Waals surface area contributed by atoms with Gasteiger partial charge in [-0.2, -0.15) is 8.42 Å². The lowest BCUT2D eigenvalue weighted by molar-refractivity contribution is 0.473. The molecule has 0 aliphatic rings. The van der Waals surface area contributed by atoms with Gasteiger partial charge in [0.1, 0.15) is 16.3 Å². The molecule has 0 aliphatic heterocycles. The number of benzene rings is 2. The number of phenols is 1. The molecule has 2 rings (SSSR count). The van der Waals surface area contributed by atoms with Gasteiger partial charge in [-0.05, 0) is 29.7 Å². The molecule has 0 radical (unpaired) electrons. The smallest absolute Gasteiger partial charge is 0.296 e. The topological polar surface area (TPSA) is 142 Å². The highest BCUT2D eigenvalue weighted by Crippen LogP contribution is 2.39. The van der Waals surface area contributed by atoms with Crippen LogP contribution in [0.25, 0.3) is 10.8 Å². The molecule has 0 heterocycles. The molecule has 0 saturated carbocycles. The molecule has 0 spiro atoms. The van der Waals surface area contributed by atoms with Gasteiger partial charge in [-0.3, -0.25) is 4.55 Å². The molecule has 0 saturated heterocycles. The van der Waals surface area contributed by atoms with E-state index in [1.807, 2.05) is 0 Å². The van der Waals surface area contributed by atoms with Crippen LogP contribution in [-0.2, 0) is 10.1 Å². The maximum absolute atomic E-state index is 11.2. The Hall–Kier alpha value is -2.39. The first-order valence-electron chi connectivity index (χ1n) is 4.95. The summed E-state index contributed by atoms with van der Waals surface area (Å²) in [5, 5.41) is 12.8. The predicted octanol–water partition coefficient (Wildman–Crippen LogP) is 1.47. The summed E-state index contributed by atoms with van der Waals surface area (Å²) in [6, 6.07) is 5.44. The fourth-order valence-corrected chi connectivity index (χ4v) is 2.41. The number of phenolic OH excluding ortho intramolecular Hbond substituents is 1. The number of rotatable bonds is 3. The third-order valence-corrected chi connectivity index (χ3v) is 3.41. The Morgan fingerprint density at radius 3 is 2.53 bits per heavy atom. The molecule has 0 fully saturated rings. The predicted molar refractivity (Wildman–Crippen MR) is 69.3 cm³/mol. The minimum Gasteiger partial charge on any atom is -0.505 e. The summed E-state index contributed by atoms with van der Waals surface area (Å²) in [7, 11) is -4.64. The number of nitrogens with two attached hydrogens (primary N) is 1. The van der Waals surface area contributed by atoms with E-state index in [2.05, 4.69) is 5.29 Å². The molecule has 0 aromatic heterocycles. The van der Waals surface area contributed by atoms with E-state index in [4.69, 9.17) is 10.3 Å². The molecule has 2 aromatic carbocycles. The van der Waals surface area contributed by atoms with Gasteiger partial charge in [0.2, 0.25) is 0 Å². The third kappa shape index (κ3) is 2.28. The molecule has 0 bridgehead atoms. The molecule has 8 nitrogen and oxygen atoms in total. The lowest BCUT2D eigenvalue weighted by atomic mass is 10.1. The largest absolute Gasteiger partial charge is 0.505 e. The van der Waals surface area contributed by atoms with Crippen molar-refractivity contribution in [3.05, 3.63) is 29.2 Å². The van der Waals surface area contributed by atoms with Crippen LogP contribution < -0.4 is 11.2 Å². The van der Waals surface area contributed by atoms with E-state index in [0.717, 1.165) is 6.07 Å². The van der Waals surface area contributed by atoms with Gasteiger partial charge in [-0.15, -0.1) is 4.91 Å². The van der Waals surface area contributed by atoms with Crippen LogP contribution in [-0.4, -0.2) is 18.1 Å². The second-order valence-electron chi connectivity index (χ2n) is 3.76. The van der Waals surface area contributed by atoms with Crippen LogP contribution in [0.5, 0.6) is 5.75 Å². The van der Waals surface area contributed by atoms with Gasteiger partial charge in [-0.25, -0.2) is 5.43 Å². The molecule has 100 valence electrons. The standard InChI is InChI=1S/C10H9N3O5S/c11-6-1-2-7-5(3-6)4-8(19(16,17)18)9(10(7)14)12-13-15/h1-4,14H,11H2,(H,12,15)(H,16,17,18). The Morgan fingerprint density at radius 2 is 1.95 bits per heavy atom. The molecule has 19 heavy (non-hydrogen) atoms. The fourth-order valence-electron chi connectivity index (χ4n) is 1.74. The maximum Gasteiger partial charge on any atom is 0.296 e. The van der Waals surface area contributed by atoms with Crippen molar-refractivity contribution in [3.8, 4) is 5.75 Å². The third-order valence-electron chi connectivity index (χ3n) is 2.54. The van der Waals surface area contributed by atoms with Crippen LogP contribution in [0.15, 0.2) is 34.4 Å². The van der Waals surface area contributed by atoms with Crippen molar-refractivity contribution in [3.63, 3.8) is 0 Å². The summed E-state index contributed by atoms with van der Waals surface area (Å²) < 4.78 is 31.6. The van der Waals surface area contributed by atoms with E-state index in [1.165, 1.54) is 18.2 Å². The van der Waals surface area contributed by atoms with Gasteiger partial charge in [0.15, 0.2) is 0 Å². The highest BCUT2D eigenvalue weighted by molar-refractivity contribution is 7.86. The number of hydrogen-bond acceptors (Lipinski definition) is 6. The van der Waals surface area contributed by atoms with Crippen molar-refractivity contribution in [2.45, 2.75) is 4.90 Å². The van der Waals surface area contributed by atoms with Crippen molar-refractivity contribution >= 4 is 32.3 Å². The lowest BCUT2D eigenvalue weighted by Crippen LogP contribution is -2.03. The van der Waals surface area contributed by atoms with Crippen molar-refractivity contribution in [2.75, 3.05) is 11.2 Å². The zero-order valence-corrected chi connectivity index (χ0v) is 10.2.